The summed E-state index contributed by atoms with van der Waals surface area (Å²) in [4.78, 5) is 23.1. The summed E-state index contributed by atoms with van der Waals surface area (Å²) in [7, 11) is -5.02. The second-order valence-electron chi connectivity index (χ2n) is 16.2. The summed E-state index contributed by atoms with van der Waals surface area (Å²) in [6.45, 7) is 4.21. The van der Waals surface area contributed by atoms with E-state index >= 15 is 0 Å². The van der Waals surface area contributed by atoms with Crippen molar-refractivity contribution in [2.75, 3.05) is 19.8 Å². The first-order valence-electron chi connectivity index (χ1n) is 23.3. The molecule has 0 aliphatic heterocycles. The van der Waals surface area contributed by atoms with Crippen LogP contribution in [0.2, 0.25) is 0 Å². The molecule has 6 atom stereocenters. The largest absolute Gasteiger partial charge is 0.472 e. The average molecular weight is 861 g/mol. The Kier molecular flexibility index (Phi) is 35.0. The number of ether oxygens (including phenoxy) is 2. The lowest BCUT2D eigenvalue weighted by Crippen LogP contribution is -2.64. The number of hydrogen-bond donors (Lipinski definition) is 6. The Morgan fingerprint density at radius 2 is 0.949 bits per heavy atom. The minimum atomic E-state index is -5.02. The molecule has 0 saturated heterocycles. The highest BCUT2D eigenvalue weighted by atomic mass is 31.2. The van der Waals surface area contributed by atoms with Crippen molar-refractivity contribution in [3.8, 4) is 0 Å². The summed E-state index contributed by atoms with van der Waals surface area (Å²) >= 11 is 0. The molecular formula is C46H85O12P. The van der Waals surface area contributed by atoms with Crippen molar-refractivity contribution in [3.05, 3.63) is 36.5 Å². The Morgan fingerprint density at radius 1 is 0.542 bits per heavy atom. The molecule has 0 aromatic heterocycles. The summed E-state index contributed by atoms with van der Waals surface area (Å²) in [5.74, 6) is -0.490. The summed E-state index contributed by atoms with van der Waals surface area (Å²) < 4.78 is 34.2. The van der Waals surface area contributed by atoms with E-state index in [2.05, 4.69) is 50.3 Å². The van der Waals surface area contributed by atoms with E-state index in [0.29, 0.717) is 13.0 Å². The molecule has 6 N–H and O–H groups in total. The van der Waals surface area contributed by atoms with E-state index in [1.807, 2.05) is 0 Å². The molecule has 0 aromatic carbocycles. The van der Waals surface area contributed by atoms with Crippen molar-refractivity contribution in [2.45, 2.75) is 230 Å². The second kappa shape index (κ2) is 37.1. The zero-order valence-electron chi connectivity index (χ0n) is 36.8. The molecule has 12 nitrogen and oxygen atoms in total. The summed E-state index contributed by atoms with van der Waals surface area (Å²) in [5.41, 5.74) is 0. The lowest BCUT2D eigenvalue weighted by Gasteiger charge is -2.41. The lowest BCUT2D eigenvalue weighted by atomic mass is 9.85. The first kappa shape index (κ1) is 55.6. The third kappa shape index (κ3) is 29.5. The molecule has 0 spiro atoms. The van der Waals surface area contributed by atoms with E-state index in [1.54, 1.807) is 0 Å². The fraction of sp³-hybridized carbons (Fsp3) is 0.848. The zero-order chi connectivity index (χ0) is 43.4. The number of phosphoric ester groups is 1. The predicted octanol–water partition coefficient (Wildman–Crippen LogP) is 9.48. The van der Waals surface area contributed by atoms with Crippen LogP contribution < -0.4 is 0 Å². The van der Waals surface area contributed by atoms with Gasteiger partial charge < -0.3 is 39.9 Å². The van der Waals surface area contributed by atoms with Gasteiger partial charge in [0.25, 0.3) is 0 Å². The van der Waals surface area contributed by atoms with Gasteiger partial charge in [-0.25, -0.2) is 4.57 Å². The Labute approximate surface area is 357 Å². The van der Waals surface area contributed by atoms with Crippen LogP contribution in [-0.2, 0) is 27.9 Å². The van der Waals surface area contributed by atoms with Crippen molar-refractivity contribution >= 4 is 13.8 Å². The second-order valence-corrected chi connectivity index (χ2v) is 17.7. The van der Waals surface area contributed by atoms with Crippen LogP contribution in [0.1, 0.15) is 187 Å². The maximum atomic E-state index is 12.8. The molecule has 1 aliphatic carbocycles. The highest BCUT2D eigenvalue weighted by Crippen LogP contribution is 2.47. The van der Waals surface area contributed by atoms with Crippen LogP contribution in [0.5, 0.6) is 0 Å². The molecule has 0 aromatic rings. The summed E-state index contributed by atoms with van der Waals surface area (Å²) in [5, 5.41) is 50.2. The average Bonchev–Trinajstić information content (AvgIpc) is 3.22. The van der Waals surface area contributed by atoms with Gasteiger partial charge in [-0.1, -0.05) is 147 Å². The number of carbonyl (C=O) groups excluding carboxylic acids is 1. The molecule has 0 heterocycles. The number of unbranched alkanes of at least 4 members (excludes halogenated alkanes) is 21. The molecule has 1 fully saturated rings. The number of phosphoric acid groups is 1. The topological polar surface area (TPSA) is 192 Å². The molecule has 346 valence electrons. The van der Waals surface area contributed by atoms with Gasteiger partial charge in [0.2, 0.25) is 0 Å². The van der Waals surface area contributed by atoms with Crippen LogP contribution in [0, 0.1) is 0 Å². The molecule has 13 heteroatoms. The van der Waals surface area contributed by atoms with E-state index in [4.69, 9.17) is 18.5 Å². The van der Waals surface area contributed by atoms with Crippen LogP contribution in [0.25, 0.3) is 0 Å². The number of aliphatic hydroxyl groups excluding tert-OH is 5. The zero-order valence-corrected chi connectivity index (χ0v) is 37.7. The third-order valence-corrected chi connectivity index (χ3v) is 11.7. The van der Waals surface area contributed by atoms with Crippen molar-refractivity contribution in [2.24, 2.45) is 0 Å². The fourth-order valence-electron chi connectivity index (χ4n) is 6.97. The van der Waals surface area contributed by atoms with Gasteiger partial charge in [-0.3, -0.25) is 13.8 Å². The number of allylic oxidation sites excluding steroid dienone is 6. The number of rotatable bonds is 39. The molecule has 6 unspecified atom stereocenters. The Bertz CT molecular complexity index is 1120. The smallest absolute Gasteiger partial charge is 0.457 e. The van der Waals surface area contributed by atoms with Crippen LogP contribution in [0.4, 0.5) is 0 Å². The van der Waals surface area contributed by atoms with Crippen molar-refractivity contribution < 1.29 is 58.3 Å². The maximum absolute atomic E-state index is 12.8. The summed E-state index contributed by atoms with van der Waals surface area (Å²) in [6, 6.07) is 0. The minimum Gasteiger partial charge on any atom is -0.457 e. The van der Waals surface area contributed by atoms with E-state index in [0.717, 1.165) is 83.5 Å². The molecular weight excluding hydrogens is 775 g/mol. The molecule has 1 aliphatic rings. The fourth-order valence-corrected chi connectivity index (χ4v) is 7.94. The maximum Gasteiger partial charge on any atom is 0.472 e. The van der Waals surface area contributed by atoms with Gasteiger partial charge in [-0.05, 0) is 70.6 Å². The highest BCUT2D eigenvalue weighted by molar-refractivity contribution is 7.47. The third-order valence-electron chi connectivity index (χ3n) is 10.7. The van der Waals surface area contributed by atoms with Crippen molar-refractivity contribution in [3.63, 3.8) is 0 Å². The normalized spacial score (nSPS) is 22.8. The van der Waals surface area contributed by atoms with Crippen LogP contribution >= 0.6 is 7.82 Å². The van der Waals surface area contributed by atoms with Gasteiger partial charge in [0, 0.05) is 13.0 Å². The number of hydrogen-bond acceptors (Lipinski definition) is 11. The molecule has 0 radical (unpaired) electrons. The van der Waals surface area contributed by atoms with Gasteiger partial charge in [0.05, 0.1) is 13.2 Å². The lowest BCUT2D eigenvalue weighted by molar-refractivity contribution is -0.220. The predicted molar refractivity (Wildman–Crippen MR) is 235 cm³/mol. The van der Waals surface area contributed by atoms with Crippen molar-refractivity contribution in [1.82, 2.24) is 0 Å². The van der Waals surface area contributed by atoms with E-state index in [9.17, 15) is 39.8 Å². The van der Waals surface area contributed by atoms with E-state index in [-0.39, 0.29) is 13.0 Å². The van der Waals surface area contributed by atoms with Gasteiger partial charge in [-0.15, -0.1) is 0 Å². The number of carbonyl (C=O) groups is 1. The Morgan fingerprint density at radius 3 is 1.46 bits per heavy atom. The van der Waals surface area contributed by atoms with Gasteiger partial charge >= 0.3 is 13.8 Å². The quantitative estimate of drug-likeness (QED) is 0.0149. The number of esters is 1. The Balaban J connectivity index is 2.41. The van der Waals surface area contributed by atoms with Crippen LogP contribution in [-0.4, -0.2) is 98.9 Å². The van der Waals surface area contributed by atoms with E-state index in [1.165, 1.54) is 77.0 Å². The van der Waals surface area contributed by atoms with Crippen LogP contribution in [0.15, 0.2) is 36.5 Å². The summed E-state index contributed by atoms with van der Waals surface area (Å²) in [6.07, 6.45) is 30.6. The number of aliphatic hydroxyl groups is 5. The standard InChI is InChI=1S/C46H85O12P/c1-3-5-7-9-11-13-15-17-19-20-22-24-26-28-30-32-34-36-55-37-39(38-56-59(53,54)58-46-44(51)42(49)41(48)43(50)45(46)52)57-40(47)35-33-31-29-27-25-23-21-18-16-14-12-10-8-6-4-2/h13,15,18-21,39,41-46,48-52H,3-12,14,16-17,22-38H2,1-2H3,(H,53,54)/b15-13-,20-19-,21-18-. The van der Waals surface area contributed by atoms with Gasteiger partial charge in [0.1, 0.15) is 42.7 Å². The molecule has 1 rings (SSSR count). The molecule has 0 amide bonds. The molecule has 59 heavy (non-hydrogen) atoms. The highest BCUT2D eigenvalue weighted by Gasteiger charge is 2.51. The van der Waals surface area contributed by atoms with Gasteiger partial charge in [-0.2, -0.15) is 0 Å². The molecule has 0 bridgehead atoms. The first-order valence-corrected chi connectivity index (χ1v) is 24.8. The van der Waals surface area contributed by atoms with E-state index < -0.39 is 63.1 Å². The van der Waals surface area contributed by atoms with Gasteiger partial charge in [0.15, 0.2) is 0 Å². The SMILES string of the molecule is CCCCCC/C=C\C/C=C\CCCCCCCCOCC(COP(=O)(O)OC1C(O)C(O)C(O)C(O)C1O)OC(=O)CCCCCCC/C=C\CCCCCCCC. The van der Waals surface area contributed by atoms with Crippen LogP contribution in [0.3, 0.4) is 0 Å². The minimum absolute atomic E-state index is 0.0865. The molecule has 1 saturated carbocycles. The van der Waals surface area contributed by atoms with Crippen molar-refractivity contribution in [1.29, 1.82) is 0 Å². The monoisotopic (exact) mass is 861 g/mol. The first-order chi connectivity index (χ1) is 28.5. The Hall–Kier alpha value is -1.44.